The molecule has 2 aliphatic rings. The van der Waals surface area contributed by atoms with E-state index in [-0.39, 0.29) is 30.0 Å². The number of hydrogen-bond donors (Lipinski definition) is 1. The Morgan fingerprint density at radius 2 is 1.74 bits per heavy atom. The molecule has 1 fully saturated rings. The number of amides is 1. The van der Waals surface area contributed by atoms with Crippen molar-refractivity contribution in [1.29, 1.82) is 0 Å². The number of aliphatic hydroxyl groups is 1. The van der Waals surface area contributed by atoms with Gasteiger partial charge in [0.1, 0.15) is 5.82 Å². The maximum Gasteiger partial charge on any atom is 0.309 e. The Hall–Kier alpha value is -3.01. The molecule has 10 heteroatoms. The molecule has 0 aromatic heterocycles. The van der Waals surface area contributed by atoms with Crippen LogP contribution in [0, 0.1) is 11.7 Å². The summed E-state index contributed by atoms with van der Waals surface area (Å²) in [6.45, 7) is 2.82. The van der Waals surface area contributed by atoms with Gasteiger partial charge in [-0.3, -0.25) is 14.5 Å². The van der Waals surface area contributed by atoms with E-state index in [0.29, 0.717) is 64.8 Å². The normalized spacial score (nSPS) is 20.2. The molecule has 0 spiro atoms. The zero-order valence-corrected chi connectivity index (χ0v) is 25.8. The van der Waals surface area contributed by atoms with Crippen molar-refractivity contribution < 1.29 is 33.3 Å². The van der Waals surface area contributed by atoms with Gasteiger partial charge in [0.15, 0.2) is 5.72 Å². The predicted octanol–water partition coefficient (Wildman–Crippen LogP) is 6.38. The summed E-state index contributed by atoms with van der Waals surface area (Å²) in [5.74, 6) is -1.80. The number of benzene rings is 3. The standard InChI is InChI=1S/C33H34Cl2FNO6/c1-4-32(40,22-11-13-43-14-12-22)24-17-27-30(28(36)18-24)33(42-3,23-6-9-25(34)10-7-23)37(31(27)39)19-20-5-8-26(35)15-21(20)16-29(38)41-2/h5-10,15,17-18,22,40H,4,11-14,16,19H2,1-3H3/t32?,33-/m1/s1. The summed E-state index contributed by atoms with van der Waals surface area (Å²) in [6, 6.07) is 14.6. The van der Waals surface area contributed by atoms with Gasteiger partial charge in [0.05, 0.1) is 30.3 Å². The highest BCUT2D eigenvalue weighted by molar-refractivity contribution is 6.30. The largest absolute Gasteiger partial charge is 0.469 e. The first-order chi connectivity index (χ1) is 20.6. The number of nitrogens with zero attached hydrogens (tertiary/aromatic N) is 1. The number of carbonyl (C=O) groups excluding carboxylic acids is 2. The molecule has 1 unspecified atom stereocenters. The van der Waals surface area contributed by atoms with Crippen LogP contribution < -0.4 is 0 Å². The lowest BCUT2D eigenvalue weighted by atomic mass is 9.74. The summed E-state index contributed by atoms with van der Waals surface area (Å²) in [6.07, 6.45) is 1.50. The summed E-state index contributed by atoms with van der Waals surface area (Å²) in [7, 11) is 2.71. The lowest BCUT2D eigenvalue weighted by molar-refractivity contribution is -0.139. The van der Waals surface area contributed by atoms with Crippen LogP contribution in [0.3, 0.4) is 0 Å². The van der Waals surface area contributed by atoms with E-state index in [1.54, 1.807) is 48.5 Å². The van der Waals surface area contributed by atoms with Gasteiger partial charge in [-0.05, 0) is 78.3 Å². The summed E-state index contributed by atoms with van der Waals surface area (Å²) < 4.78 is 33.1. The van der Waals surface area contributed by atoms with Crippen molar-refractivity contribution in [2.45, 2.75) is 50.5 Å². The Labute approximate surface area is 260 Å². The topological polar surface area (TPSA) is 85.3 Å². The molecule has 0 radical (unpaired) electrons. The van der Waals surface area contributed by atoms with Crippen molar-refractivity contribution in [2.24, 2.45) is 5.92 Å². The van der Waals surface area contributed by atoms with Crippen LogP contribution in [0.5, 0.6) is 0 Å². The average Bonchev–Trinajstić information content (AvgIpc) is 3.26. The molecule has 2 aliphatic heterocycles. The third-order valence-electron chi connectivity index (χ3n) is 8.81. The second-order valence-corrected chi connectivity index (χ2v) is 11.8. The number of halogens is 3. The number of carbonyl (C=O) groups is 2. The van der Waals surface area contributed by atoms with Gasteiger partial charge < -0.3 is 19.3 Å². The highest BCUT2D eigenvalue weighted by Crippen LogP contribution is 2.49. The van der Waals surface area contributed by atoms with Crippen LogP contribution in [0.15, 0.2) is 54.6 Å². The molecule has 2 atom stereocenters. The van der Waals surface area contributed by atoms with Crippen molar-refractivity contribution >= 4 is 35.1 Å². The minimum atomic E-state index is -1.68. The van der Waals surface area contributed by atoms with E-state index in [2.05, 4.69) is 0 Å². The molecule has 3 aromatic rings. The van der Waals surface area contributed by atoms with Crippen LogP contribution in [0.25, 0.3) is 0 Å². The molecule has 0 aliphatic carbocycles. The van der Waals surface area contributed by atoms with E-state index in [1.807, 2.05) is 6.92 Å². The minimum absolute atomic E-state index is 0.0414. The van der Waals surface area contributed by atoms with Gasteiger partial charge in [0.25, 0.3) is 5.91 Å². The number of hydrogen-bond acceptors (Lipinski definition) is 6. The van der Waals surface area contributed by atoms with E-state index >= 15 is 4.39 Å². The summed E-state index contributed by atoms with van der Waals surface area (Å²) >= 11 is 12.5. The number of methoxy groups -OCH3 is 2. The van der Waals surface area contributed by atoms with Crippen LogP contribution in [0.1, 0.15) is 64.4 Å². The van der Waals surface area contributed by atoms with Gasteiger partial charge in [0.2, 0.25) is 0 Å². The van der Waals surface area contributed by atoms with Crippen LogP contribution >= 0.6 is 23.2 Å². The monoisotopic (exact) mass is 629 g/mol. The summed E-state index contributed by atoms with van der Waals surface area (Å²) in [4.78, 5) is 28.1. The van der Waals surface area contributed by atoms with Crippen molar-refractivity contribution in [3.8, 4) is 0 Å². The second kappa shape index (κ2) is 12.5. The fourth-order valence-electron chi connectivity index (χ4n) is 6.50. The third kappa shape index (κ3) is 5.56. The molecule has 1 amide bonds. The maximum absolute atomic E-state index is 16.6. The molecule has 3 aromatic carbocycles. The summed E-state index contributed by atoms with van der Waals surface area (Å²) in [5, 5.41) is 12.8. The van der Waals surface area contributed by atoms with Gasteiger partial charge >= 0.3 is 5.97 Å². The molecule has 0 bridgehead atoms. The first kappa shape index (κ1) is 31.4. The number of esters is 1. The molecule has 228 valence electrons. The number of fused-ring (bicyclic) bond motifs is 1. The molecule has 7 nitrogen and oxygen atoms in total. The Morgan fingerprint density at radius 3 is 2.37 bits per heavy atom. The molecule has 1 N–H and O–H groups in total. The van der Waals surface area contributed by atoms with E-state index in [9.17, 15) is 14.7 Å². The fraction of sp³-hybridized carbons (Fsp3) is 0.394. The number of rotatable bonds is 9. The van der Waals surface area contributed by atoms with Crippen LogP contribution in [0.4, 0.5) is 4.39 Å². The Bertz CT molecular complexity index is 1530. The van der Waals surface area contributed by atoms with Crippen molar-refractivity contribution in [3.05, 3.63) is 104 Å². The average molecular weight is 631 g/mol. The lowest BCUT2D eigenvalue weighted by Crippen LogP contribution is -2.46. The van der Waals surface area contributed by atoms with Crippen molar-refractivity contribution in [2.75, 3.05) is 27.4 Å². The summed E-state index contributed by atoms with van der Waals surface area (Å²) in [5.41, 5.74) is -0.902. The Balaban J connectivity index is 1.69. The van der Waals surface area contributed by atoms with Crippen LogP contribution in [-0.2, 0) is 43.3 Å². The predicted molar refractivity (Wildman–Crippen MR) is 160 cm³/mol. The van der Waals surface area contributed by atoms with Crippen molar-refractivity contribution in [1.82, 2.24) is 4.90 Å². The maximum atomic E-state index is 16.6. The van der Waals surface area contributed by atoms with E-state index < -0.39 is 29.0 Å². The van der Waals surface area contributed by atoms with Gasteiger partial charge in [-0.15, -0.1) is 0 Å². The molecule has 1 saturated heterocycles. The van der Waals surface area contributed by atoms with Gasteiger partial charge in [-0.1, -0.05) is 48.3 Å². The molecule has 0 saturated carbocycles. The molecule has 43 heavy (non-hydrogen) atoms. The van der Waals surface area contributed by atoms with E-state index in [1.165, 1.54) is 25.2 Å². The SMILES string of the molecule is CCC(O)(c1cc(F)c2c(c1)C(=O)N(Cc1ccc(Cl)cc1CC(=O)OC)[C@@]2(OC)c1ccc(Cl)cc1)C1CCOCC1. The highest BCUT2D eigenvalue weighted by Gasteiger charge is 2.54. The number of ether oxygens (including phenoxy) is 3. The van der Waals surface area contributed by atoms with E-state index in [0.717, 1.165) is 0 Å². The second-order valence-electron chi connectivity index (χ2n) is 11.0. The van der Waals surface area contributed by atoms with Crippen molar-refractivity contribution in [3.63, 3.8) is 0 Å². The first-order valence-corrected chi connectivity index (χ1v) is 15.0. The third-order valence-corrected chi connectivity index (χ3v) is 9.30. The Kier molecular flexibility index (Phi) is 9.16. The van der Waals surface area contributed by atoms with Crippen LogP contribution in [-0.4, -0.2) is 49.3 Å². The molecule has 5 rings (SSSR count). The zero-order valence-electron chi connectivity index (χ0n) is 24.3. The lowest BCUT2D eigenvalue weighted by Gasteiger charge is -2.39. The molecule has 2 heterocycles. The van der Waals surface area contributed by atoms with Crippen LogP contribution in [0.2, 0.25) is 10.0 Å². The fourth-order valence-corrected chi connectivity index (χ4v) is 6.82. The Morgan fingerprint density at radius 1 is 1.07 bits per heavy atom. The van der Waals surface area contributed by atoms with Gasteiger partial charge in [-0.25, -0.2) is 4.39 Å². The quantitative estimate of drug-likeness (QED) is 0.277. The smallest absolute Gasteiger partial charge is 0.309 e. The van der Waals surface area contributed by atoms with Gasteiger partial charge in [0, 0.05) is 42.5 Å². The zero-order chi connectivity index (χ0) is 30.9. The highest BCUT2D eigenvalue weighted by atomic mass is 35.5. The van der Waals surface area contributed by atoms with E-state index in [4.69, 9.17) is 37.4 Å². The molecular formula is C33H34Cl2FNO6. The van der Waals surface area contributed by atoms with Gasteiger partial charge in [-0.2, -0.15) is 0 Å². The molecular weight excluding hydrogens is 596 g/mol. The first-order valence-electron chi connectivity index (χ1n) is 14.2. The minimum Gasteiger partial charge on any atom is -0.469 e.